The lowest BCUT2D eigenvalue weighted by Gasteiger charge is -2.37. The van der Waals surface area contributed by atoms with E-state index in [1.165, 1.54) is 5.56 Å². The van der Waals surface area contributed by atoms with Crippen molar-refractivity contribution < 1.29 is 14.0 Å². The zero-order chi connectivity index (χ0) is 18.4. The van der Waals surface area contributed by atoms with Crippen molar-refractivity contribution in [1.82, 2.24) is 15.4 Å². The molecule has 0 bridgehead atoms. The van der Waals surface area contributed by atoms with Crippen LogP contribution in [0, 0.1) is 13.8 Å². The zero-order valence-corrected chi connectivity index (χ0v) is 16.3. The SMILES string of the molecule is CCNC(=NCCCc1c(C)noc1C)N1CCOC(C2CCCO2)C1. The van der Waals surface area contributed by atoms with Gasteiger partial charge in [0.15, 0.2) is 5.96 Å². The second-order valence-corrected chi connectivity index (χ2v) is 7.05. The van der Waals surface area contributed by atoms with Gasteiger partial charge in [-0.25, -0.2) is 0 Å². The number of hydrogen-bond donors (Lipinski definition) is 1. The Bertz CT molecular complexity index is 576. The summed E-state index contributed by atoms with van der Waals surface area (Å²) in [5.41, 5.74) is 2.21. The molecular formula is C19H32N4O3. The molecule has 0 saturated carbocycles. The smallest absolute Gasteiger partial charge is 0.194 e. The van der Waals surface area contributed by atoms with Crippen molar-refractivity contribution in [3.63, 3.8) is 0 Å². The first-order valence-corrected chi connectivity index (χ1v) is 9.87. The fourth-order valence-electron chi connectivity index (χ4n) is 3.71. The molecule has 3 rings (SSSR count). The van der Waals surface area contributed by atoms with Crippen LogP contribution in [0.4, 0.5) is 0 Å². The van der Waals surface area contributed by atoms with Crippen LogP contribution in [-0.2, 0) is 15.9 Å². The molecule has 2 unspecified atom stereocenters. The van der Waals surface area contributed by atoms with Crippen molar-refractivity contribution in [2.75, 3.05) is 39.4 Å². The third kappa shape index (κ3) is 4.76. The summed E-state index contributed by atoms with van der Waals surface area (Å²) in [5.74, 6) is 1.91. The quantitative estimate of drug-likeness (QED) is 0.473. The van der Waals surface area contributed by atoms with Crippen LogP contribution in [0.25, 0.3) is 0 Å². The average molecular weight is 364 g/mol. The first-order valence-electron chi connectivity index (χ1n) is 9.87. The van der Waals surface area contributed by atoms with Gasteiger partial charge in [-0.3, -0.25) is 4.99 Å². The van der Waals surface area contributed by atoms with Crippen LogP contribution in [0.2, 0.25) is 0 Å². The van der Waals surface area contributed by atoms with Crippen LogP contribution in [-0.4, -0.2) is 67.6 Å². The van der Waals surface area contributed by atoms with Crippen LogP contribution < -0.4 is 5.32 Å². The van der Waals surface area contributed by atoms with Gasteiger partial charge in [0.1, 0.15) is 11.9 Å². The van der Waals surface area contributed by atoms with E-state index < -0.39 is 0 Å². The van der Waals surface area contributed by atoms with Crippen LogP contribution >= 0.6 is 0 Å². The Morgan fingerprint density at radius 2 is 2.12 bits per heavy atom. The maximum atomic E-state index is 5.95. The number of hydrogen-bond acceptors (Lipinski definition) is 5. The number of nitrogens with one attached hydrogen (secondary N) is 1. The Morgan fingerprint density at radius 1 is 1.27 bits per heavy atom. The lowest BCUT2D eigenvalue weighted by atomic mass is 10.1. The maximum Gasteiger partial charge on any atom is 0.194 e. The Balaban J connectivity index is 1.54. The Labute approximate surface area is 156 Å². The molecule has 1 N–H and O–H groups in total. The minimum atomic E-state index is 0.150. The number of ether oxygens (including phenoxy) is 2. The fraction of sp³-hybridized carbons (Fsp3) is 0.789. The Kier molecular flexibility index (Phi) is 6.91. The van der Waals surface area contributed by atoms with E-state index in [0.29, 0.717) is 0 Å². The van der Waals surface area contributed by atoms with E-state index in [-0.39, 0.29) is 12.2 Å². The summed E-state index contributed by atoms with van der Waals surface area (Å²) in [7, 11) is 0. The third-order valence-electron chi connectivity index (χ3n) is 5.14. The van der Waals surface area contributed by atoms with Gasteiger partial charge in [0.25, 0.3) is 0 Å². The summed E-state index contributed by atoms with van der Waals surface area (Å²) in [6.07, 6.45) is 4.56. The number of nitrogens with zero attached hydrogens (tertiary/aromatic N) is 3. The molecule has 0 amide bonds. The molecular weight excluding hydrogens is 332 g/mol. The highest BCUT2D eigenvalue weighted by molar-refractivity contribution is 5.80. The van der Waals surface area contributed by atoms with Gasteiger partial charge in [0.05, 0.1) is 18.4 Å². The number of aliphatic imine (C=N–C) groups is 1. The zero-order valence-electron chi connectivity index (χ0n) is 16.3. The van der Waals surface area contributed by atoms with E-state index in [4.69, 9.17) is 19.0 Å². The van der Waals surface area contributed by atoms with Crippen molar-refractivity contribution in [2.45, 2.75) is 58.7 Å². The van der Waals surface area contributed by atoms with Gasteiger partial charge in [0.2, 0.25) is 0 Å². The van der Waals surface area contributed by atoms with Gasteiger partial charge < -0.3 is 24.2 Å². The number of aromatic nitrogens is 1. The van der Waals surface area contributed by atoms with E-state index in [0.717, 1.165) is 82.5 Å². The molecule has 26 heavy (non-hydrogen) atoms. The van der Waals surface area contributed by atoms with Crippen LogP contribution in [0.3, 0.4) is 0 Å². The molecule has 2 fully saturated rings. The highest BCUT2D eigenvalue weighted by Crippen LogP contribution is 2.21. The second kappa shape index (κ2) is 9.37. The van der Waals surface area contributed by atoms with Gasteiger partial charge in [-0.2, -0.15) is 0 Å². The molecule has 0 aromatic carbocycles. The van der Waals surface area contributed by atoms with Crippen molar-refractivity contribution in [3.05, 3.63) is 17.0 Å². The predicted octanol–water partition coefficient (Wildman–Crippen LogP) is 2.07. The van der Waals surface area contributed by atoms with E-state index >= 15 is 0 Å². The topological polar surface area (TPSA) is 72.1 Å². The van der Waals surface area contributed by atoms with Crippen molar-refractivity contribution in [3.8, 4) is 0 Å². The predicted molar refractivity (Wildman–Crippen MR) is 101 cm³/mol. The first-order chi connectivity index (χ1) is 12.7. The molecule has 1 aromatic rings. The summed E-state index contributed by atoms with van der Waals surface area (Å²) in [6, 6.07) is 0. The van der Waals surface area contributed by atoms with Gasteiger partial charge in [0, 0.05) is 38.3 Å². The summed E-state index contributed by atoms with van der Waals surface area (Å²) in [6.45, 7) is 11.0. The van der Waals surface area contributed by atoms with E-state index in [2.05, 4.69) is 22.3 Å². The molecule has 0 radical (unpaired) electrons. The van der Waals surface area contributed by atoms with Gasteiger partial charge in [-0.15, -0.1) is 0 Å². The molecule has 2 aliphatic rings. The molecule has 0 aliphatic carbocycles. The molecule has 7 heteroatoms. The summed E-state index contributed by atoms with van der Waals surface area (Å²) in [5, 5.41) is 7.45. The number of aryl methyl sites for hydroxylation is 2. The molecule has 2 saturated heterocycles. The Hall–Kier alpha value is -1.60. The average Bonchev–Trinajstić information content (AvgIpc) is 3.29. The van der Waals surface area contributed by atoms with Crippen molar-refractivity contribution >= 4 is 5.96 Å². The third-order valence-corrected chi connectivity index (χ3v) is 5.14. The summed E-state index contributed by atoms with van der Waals surface area (Å²) >= 11 is 0. The van der Waals surface area contributed by atoms with Crippen LogP contribution in [0.1, 0.15) is 43.2 Å². The van der Waals surface area contributed by atoms with Gasteiger partial charge >= 0.3 is 0 Å². The standard InChI is InChI=1S/C19H32N4O3/c1-4-20-19(21-9-5-7-16-14(2)22-26-15(16)3)23-10-12-25-18(13-23)17-8-6-11-24-17/h17-18H,4-13H2,1-3H3,(H,20,21). The molecule has 1 aromatic heterocycles. The Morgan fingerprint density at radius 3 is 2.81 bits per heavy atom. The van der Waals surface area contributed by atoms with Crippen molar-refractivity contribution in [1.29, 1.82) is 0 Å². The monoisotopic (exact) mass is 364 g/mol. The normalized spacial score (nSPS) is 24.3. The van der Waals surface area contributed by atoms with Crippen molar-refractivity contribution in [2.24, 2.45) is 4.99 Å². The summed E-state index contributed by atoms with van der Waals surface area (Å²) in [4.78, 5) is 7.16. The number of guanidine groups is 1. The molecule has 0 spiro atoms. The molecule has 3 heterocycles. The minimum absolute atomic E-state index is 0.150. The van der Waals surface area contributed by atoms with E-state index in [9.17, 15) is 0 Å². The number of morpholine rings is 1. The number of rotatable bonds is 6. The maximum absolute atomic E-state index is 5.95. The molecule has 2 atom stereocenters. The van der Waals surface area contributed by atoms with E-state index in [1.807, 2.05) is 13.8 Å². The summed E-state index contributed by atoms with van der Waals surface area (Å²) < 4.78 is 17.0. The van der Waals surface area contributed by atoms with Gasteiger partial charge in [-0.1, -0.05) is 5.16 Å². The highest BCUT2D eigenvalue weighted by atomic mass is 16.5. The largest absolute Gasteiger partial charge is 0.375 e. The fourth-order valence-corrected chi connectivity index (χ4v) is 3.71. The first kappa shape index (κ1) is 19.2. The molecule has 2 aliphatic heterocycles. The molecule has 146 valence electrons. The van der Waals surface area contributed by atoms with E-state index in [1.54, 1.807) is 0 Å². The molecule has 7 nitrogen and oxygen atoms in total. The second-order valence-electron chi connectivity index (χ2n) is 7.05. The highest BCUT2D eigenvalue weighted by Gasteiger charge is 2.32. The lowest BCUT2D eigenvalue weighted by Crippen LogP contribution is -2.53. The lowest BCUT2D eigenvalue weighted by molar-refractivity contribution is -0.0817. The van der Waals surface area contributed by atoms with Gasteiger partial charge in [-0.05, 0) is 46.5 Å². The van der Waals surface area contributed by atoms with Crippen LogP contribution in [0.5, 0.6) is 0 Å². The minimum Gasteiger partial charge on any atom is -0.375 e. The van der Waals surface area contributed by atoms with Crippen LogP contribution in [0.15, 0.2) is 9.52 Å².